The number of ether oxygens (including phenoxy) is 2. The molecule has 2 fully saturated rings. The van der Waals surface area contributed by atoms with Crippen LogP contribution in [-0.2, 0) is 42.0 Å². The first kappa shape index (κ1) is 25.0. The highest BCUT2D eigenvalue weighted by molar-refractivity contribution is 7.48. The number of rotatable bonds is 7. The summed E-state index contributed by atoms with van der Waals surface area (Å²) in [7, 11) is -4.01. The minimum Gasteiger partial charge on any atom is -0.463 e. The molecule has 2 N–H and O–H groups in total. The number of amides is 1. The maximum atomic E-state index is 13.1. The average Bonchev–Trinajstić information content (AvgIpc) is 2.90. The number of fused-ring (bicyclic) bond motifs is 1. The third-order valence-electron chi connectivity index (χ3n) is 5.32. The van der Waals surface area contributed by atoms with Gasteiger partial charge in [-0.3, -0.25) is 32.9 Å². The molecule has 3 rings (SSSR count). The highest BCUT2D eigenvalue weighted by atomic mass is 31.2. The van der Waals surface area contributed by atoms with E-state index in [4.69, 9.17) is 28.8 Å². The Balaban J connectivity index is 1.65. The average molecular weight is 474 g/mol. The fraction of sp³-hybridized carbons (Fsp3) is 0.750. The Bertz CT molecular complexity index is 854. The number of carbonyl (C=O) groups is 3. The summed E-state index contributed by atoms with van der Waals surface area (Å²) in [5.74, 6) is -1.15. The Labute approximate surface area is 187 Å². The number of nitrogens with two attached hydrogens (primary N) is 1. The second kappa shape index (κ2) is 8.96. The first-order valence-corrected chi connectivity index (χ1v) is 11.9. The number of allylic oxidation sites excluding steroid dienone is 1. The molecule has 0 aromatic heterocycles. The number of hydrogen-bond donors (Lipinski definition) is 1. The van der Waals surface area contributed by atoms with E-state index < -0.39 is 49.1 Å². The van der Waals surface area contributed by atoms with Gasteiger partial charge in [-0.1, -0.05) is 13.8 Å². The summed E-state index contributed by atoms with van der Waals surface area (Å²) in [6, 6.07) is 0. The highest BCUT2D eigenvalue weighted by Crippen LogP contribution is 2.58. The van der Waals surface area contributed by atoms with Gasteiger partial charge >= 0.3 is 13.8 Å². The van der Waals surface area contributed by atoms with Crippen molar-refractivity contribution in [1.82, 2.24) is 4.90 Å². The number of phosphoric acid groups is 1. The molecular weight excluding hydrogens is 443 g/mol. The van der Waals surface area contributed by atoms with Crippen LogP contribution in [0.25, 0.3) is 0 Å². The van der Waals surface area contributed by atoms with Crippen LogP contribution in [-0.4, -0.2) is 65.9 Å². The van der Waals surface area contributed by atoms with Gasteiger partial charge in [-0.25, -0.2) is 4.57 Å². The number of hydrogen-bond acceptors (Lipinski definition) is 10. The second-order valence-electron chi connectivity index (χ2n) is 9.57. The van der Waals surface area contributed by atoms with E-state index in [9.17, 15) is 18.9 Å². The summed E-state index contributed by atoms with van der Waals surface area (Å²) in [5.41, 5.74) is 4.51. The molecule has 3 aliphatic heterocycles. The molecule has 0 spiro atoms. The normalized spacial score (nSPS) is 35.3. The molecule has 0 radical (unpaired) electrons. The van der Waals surface area contributed by atoms with Crippen molar-refractivity contribution in [1.29, 1.82) is 0 Å². The molecule has 0 aliphatic carbocycles. The predicted molar refractivity (Wildman–Crippen MR) is 111 cm³/mol. The quantitative estimate of drug-likeness (QED) is 0.328. The number of carbonyl (C=O) groups excluding carboxylic acids is 3. The van der Waals surface area contributed by atoms with Crippen molar-refractivity contribution in [3.05, 3.63) is 12.3 Å². The van der Waals surface area contributed by atoms with Gasteiger partial charge in [-0.2, -0.15) is 0 Å². The lowest BCUT2D eigenvalue weighted by atomic mass is 9.91. The lowest BCUT2D eigenvalue weighted by molar-refractivity contribution is -0.150. The van der Waals surface area contributed by atoms with E-state index in [1.807, 2.05) is 0 Å². The number of phosphoric ester groups is 1. The van der Waals surface area contributed by atoms with Crippen molar-refractivity contribution in [2.45, 2.75) is 77.5 Å². The molecule has 0 saturated carbocycles. The van der Waals surface area contributed by atoms with Crippen LogP contribution in [0.5, 0.6) is 0 Å². The maximum absolute atomic E-state index is 13.1. The Morgan fingerprint density at radius 3 is 2.72 bits per heavy atom. The molecule has 12 heteroatoms. The zero-order valence-corrected chi connectivity index (χ0v) is 19.8. The first-order valence-electron chi connectivity index (χ1n) is 10.5. The summed E-state index contributed by atoms with van der Waals surface area (Å²) in [6.07, 6.45) is -0.372. The lowest BCUT2D eigenvalue weighted by Crippen LogP contribution is -2.60. The first-order chi connectivity index (χ1) is 14.7. The molecule has 5 atom stereocenters. The minimum absolute atomic E-state index is 0.0547. The number of esters is 1. The molecule has 0 unspecified atom stereocenters. The Kier molecular flexibility index (Phi) is 7.01. The van der Waals surface area contributed by atoms with Crippen LogP contribution in [0.1, 0.15) is 47.5 Å². The van der Waals surface area contributed by atoms with Crippen LogP contribution in [0.2, 0.25) is 0 Å². The van der Waals surface area contributed by atoms with E-state index >= 15 is 0 Å². The van der Waals surface area contributed by atoms with Crippen molar-refractivity contribution >= 4 is 25.5 Å². The summed E-state index contributed by atoms with van der Waals surface area (Å²) in [5, 5.41) is 0. The van der Waals surface area contributed by atoms with Gasteiger partial charge in [-0.15, -0.1) is 0 Å². The van der Waals surface area contributed by atoms with Crippen LogP contribution >= 0.6 is 7.82 Å². The smallest absolute Gasteiger partial charge is 0.463 e. The van der Waals surface area contributed by atoms with E-state index in [2.05, 4.69) is 0 Å². The zero-order chi connectivity index (χ0) is 23.9. The molecule has 1 amide bonds. The minimum atomic E-state index is -4.01. The van der Waals surface area contributed by atoms with Crippen molar-refractivity contribution in [3.8, 4) is 0 Å². The van der Waals surface area contributed by atoms with Gasteiger partial charge in [0, 0.05) is 6.20 Å². The van der Waals surface area contributed by atoms with Crippen molar-refractivity contribution in [3.63, 3.8) is 0 Å². The molecule has 0 bridgehead atoms. The van der Waals surface area contributed by atoms with Crippen LogP contribution in [0.4, 0.5) is 0 Å². The molecular formula is C20H31N2O9P. The van der Waals surface area contributed by atoms with Gasteiger partial charge in [0.2, 0.25) is 5.91 Å². The van der Waals surface area contributed by atoms with Crippen LogP contribution in [0.3, 0.4) is 0 Å². The maximum Gasteiger partial charge on any atom is 0.475 e. The van der Waals surface area contributed by atoms with Crippen molar-refractivity contribution < 1.29 is 42.0 Å². The van der Waals surface area contributed by atoms with E-state index in [0.29, 0.717) is 0 Å². The number of ketones is 1. The lowest BCUT2D eigenvalue weighted by Gasteiger charge is -2.38. The summed E-state index contributed by atoms with van der Waals surface area (Å²) in [6.45, 7) is 8.45. The summed E-state index contributed by atoms with van der Waals surface area (Å²) >= 11 is 0. The fourth-order valence-corrected chi connectivity index (χ4v) is 5.43. The van der Waals surface area contributed by atoms with Gasteiger partial charge in [0.1, 0.15) is 12.2 Å². The van der Waals surface area contributed by atoms with E-state index in [1.54, 1.807) is 34.6 Å². The summed E-state index contributed by atoms with van der Waals surface area (Å²) in [4.78, 5) is 37.0. The van der Waals surface area contributed by atoms with E-state index in [0.717, 1.165) is 0 Å². The van der Waals surface area contributed by atoms with Gasteiger partial charge < -0.3 is 15.2 Å². The van der Waals surface area contributed by atoms with Gasteiger partial charge in [0.15, 0.2) is 12.0 Å². The van der Waals surface area contributed by atoms with Gasteiger partial charge in [-0.05, 0) is 32.3 Å². The van der Waals surface area contributed by atoms with Crippen LogP contribution in [0, 0.1) is 5.41 Å². The van der Waals surface area contributed by atoms with Gasteiger partial charge in [0.25, 0.3) is 0 Å². The van der Waals surface area contributed by atoms with Crippen LogP contribution < -0.4 is 5.73 Å². The predicted octanol–water partition coefficient (Wildman–Crippen LogP) is 1.65. The zero-order valence-electron chi connectivity index (χ0n) is 18.9. The van der Waals surface area contributed by atoms with E-state index in [1.165, 1.54) is 17.2 Å². The van der Waals surface area contributed by atoms with Crippen molar-refractivity contribution in [2.24, 2.45) is 11.1 Å². The Hall–Kier alpha value is -1.62. The highest BCUT2D eigenvalue weighted by Gasteiger charge is 2.60. The molecule has 0 aromatic carbocycles. The third-order valence-corrected chi connectivity index (χ3v) is 6.71. The topological polar surface area (TPSA) is 144 Å². The standard InChI is InChI=1S/C20H31N2O9P/c1-12(2)29-16(25)9-19(3,4)11-28-32(26)27-10-14-17(31-32)20(5,21)18(30-14)22-7-6-13(23)8-15(22)24/h6-7,12,14,17-18H,8-11,21H2,1-5H3/t14-,17-,18-,20-,32-/m1/s1. The molecule has 0 aromatic rings. The Morgan fingerprint density at radius 1 is 1.41 bits per heavy atom. The Morgan fingerprint density at radius 2 is 2.09 bits per heavy atom. The SMILES string of the molecule is CC(C)OC(=O)CC(C)(C)CO[P@@]1(=O)OC[C@H]2O[C@@H](N3C=CC(=O)CC3=O)[C@](C)(N)[C@@H]2O1. The number of nitrogens with zero attached hydrogens (tertiary/aromatic N) is 1. The van der Waals surface area contributed by atoms with Crippen molar-refractivity contribution in [2.75, 3.05) is 13.2 Å². The molecule has 180 valence electrons. The fourth-order valence-electron chi connectivity index (χ4n) is 3.75. The monoisotopic (exact) mass is 474 g/mol. The van der Waals surface area contributed by atoms with Gasteiger partial charge in [0.05, 0.1) is 37.7 Å². The summed E-state index contributed by atoms with van der Waals surface area (Å²) < 4.78 is 40.7. The molecule has 11 nitrogen and oxygen atoms in total. The van der Waals surface area contributed by atoms with E-state index in [-0.39, 0.29) is 37.9 Å². The molecule has 2 saturated heterocycles. The van der Waals surface area contributed by atoms with Crippen LogP contribution in [0.15, 0.2) is 12.3 Å². The third kappa shape index (κ3) is 5.47. The molecule has 3 aliphatic rings. The largest absolute Gasteiger partial charge is 0.475 e. The molecule has 3 heterocycles. The molecule has 32 heavy (non-hydrogen) atoms. The second-order valence-corrected chi connectivity index (χ2v) is 11.2.